The molecule has 0 aliphatic heterocycles. The third kappa shape index (κ3) is 4.99. The number of nitrogens with one attached hydrogen (secondary N) is 1. The number of hydrogen-bond acceptors (Lipinski definition) is 5. The first-order valence-corrected chi connectivity index (χ1v) is 9.51. The van der Waals surface area contributed by atoms with Crippen LogP contribution in [0.3, 0.4) is 0 Å². The van der Waals surface area contributed by atoms with Crippen molar-refractivity contribution in [2.75, 3.05) is 11.4 Å². The molecular weight excluding hydrogens is 350 g/mol. The van der Waals surface area contributed by atoms with Gasteiger partial charge in [-0.2, -0.15) is 5.26 Å². The van der Waals surface area contributed by atoms with Gasteiger partial charge in [-0.05, 0) is 25.5 Å². The number of unbranched alkanes of at least 4 members (excludes halogenated alkanes) is 1. The van der Waals surface area contributed by atoms with Crippen LogP contribution in [0.2, 0.25) is 0 Å². The van der Waals surface area contributed by atoms with Gasteiger partial charge in [-0.1, -0.05) is 43.3 Å². The fraction of sp³-hybridized carbons (Fsp3) is 0.444. The van der Waals surface area contributed by atoms with E-state index in [9.17, 15) is 9.59 Å². The van der Waals surface area contributed by atoms with E-state index in [-0.39, 0.29) is 18.0 Å². The number of anilines is 1. The summed E-state index contributed by atoms with van der Waals surface area (Å²) < 4.78 is 1.57. The summed E-state index contributed by atoms with van der Waals surface area (Å²) in [4.78, 5) is 26.5. The summed E-state index contributed by atoms with van der Waals surface area (Å²) in [5, 5.41) is 15.5. The number of rotatable bonds is 9. The molecule has 7 nitrogen and oxygen atoms in total. The molecular formula is C18H23N5O2S. The molecule has 2 rings (SSSR count). The van der Waals surface area contributed by atoms with E-state index in [2.05, 4.69) is 23.2 Å². The first-order valence-electron chi connectivity index (χ1n) is 8.63. The zero-order chi connectivity index (χ0) is 18.9. The van der Waals surface area contributed by atoms with Crippen LogP contribution in [0, 0.1) is 11.3 Å². The molecule has 2 aromatic rings. The average molecular weight is 373 g/mol. The first-order chi connectivity index (χ1) is 12.6. The van der Waals surface area contributed by atoms with Gasteiger partial charge in [-0.3, -0.25) is 9.36 Å². The molecule has 1 N–H and O–H groups in total. The van der Waals surface area contributed by atoms with Crippen LogP contribution < -0.4 is 10.6 Å². The molecule has 0 fully saturated rings. The monoisotopic (exact) mass is 373 g/mol. The van der Waals surface area contributed by atoms with Crippen molar-refractivity contribution in [3.63, 3.8) is 0 Å². The van der Waals surface area contributed by atoms with Crippen LogP contribution in [-0.2, 0) is 11.3 Å². The predicted octanol–water partition coefficient (Wildman–Crippen LogP) is 2.80. The van der Waals surface area contributed by atoms with Crippen LogP contribution in [0.4, 0.5) is 5.69 Å². The van der Waals surface area contributed by atoms with Crippen LogP contribution in [-0.4, -0.2) is 32.5 Å². The topological polar surface area (TPSA) is 94.8 Å². The lowest BCUT2D eigenvalue weighted by molar-refractivity contribution is -0.117. The molecule has 138 valence electrons. The van der Waals surface area contributed by atoms with E-state index in [0.717, 1.165) is 18.5 Å². The number of amides is 1. The van der Waals surface area contributed by atoms with Crippen molar-refractivity contribution >= 4 is 23.4 Å². The third-order valence-electron chi connectivity index (χ3n) is 3.87. The number of hydrogen-bond donors (Lipinski definition) is 1. The number of nitriles is 1. The Bertz CT molecular complexity index is 809. The Kier molecular flexibility index (Phi) is 7.48. The quantitative estimate of drug-likeness (QED) is 0.682. The van der Waals surface area contributed by atoms with Crippen LogP contribution in [0.15, 0.2) is 40.3 Å². The highest BCUT2D eigenvalue weighted by molar-refractivity contribution is 8.00. The Balaban J connectivity index is 2.16. The van der Waals surface area contributed by atoms with Gasteiger partial charge in [0.05, 0.1) is 17.7 Å². The highest BCUT2D eigenvalue weighted by Crippen LogP contribution is 2.24. The van der Waals surface area contributed by atoms with Gasteiger partial charge < -0.3 is 4.90 Å². The molecule has 1 aromatic carbocycles. The Morgan fingerprint density at radius 1 is 1.42 bits per heavy atom. The molecule has 1 unspecified atom stereocenters. The number of carbonyl (C=O) groups excluding carboxylic acids is 1. The van der Waals surface area contributed by atoms with Gasteiger partial charge in [-0.25, -0.2) is 9.89 Å². The molecule has 0 aliphatic carbocycles. The van der Waals surface area contributed by atoms with Crippen molar-refractivity contribution < 1.29 is 4.79 Å². The summed E-state index contributed by atoms with van der Waals surface area (Å²) in [5.41, 5.74) is 0.496. The van der Waals surface area contributed by atoms with E-state index >= 15 is 0 Å². The second-order valence-electron chi connectivity index (χ2n) is 5.81. The van der Waals surface area contributed by atoms with Crippen LogP contribution in [0.25, 0.3) is 0 Å². The number of H-pyrrole nitrogens is 1. The number of nitrogens with zero attached hydrogens (tertiary/aromatic N) is 4. The van der Waals surface area contributed by atoms with Gasteiger partial charge in [0, 0.05) is 18.8 Å². The molecule has 26 heavy (non-hydrogen) atoms. The van der Waals surface area contributed by atoms with Crippen molar-refractivity contribution in [1.82, 2.24) is 14.8 Å². The Morgan fingerprint density at radius 3 is 2.81 bits per heavy atom. The molecule has 0 aliphatic rings. The fourth-order valence-electron chi connectivity index (χ4n) is 2.47. The molecule has 0 radical (unpaired) electrons. The van der Waals surface area contributed by atoms with Gasteiger partial charge in [-0.15, -0.1) is 5.10 Å². The van der Waals surface area contributed by atoms with Crippen molar-refractivity contribution in [2.24, 2.45) is 0 Å². The zero-order valence-corrected chi connectivity index (χ0v) is 15.8. The highest BCUT2D eigenvalue weighted by Gasteiger charge is 2.24. The summed E-state index contributed by atoms with van der Waals surface area (Å²) in [5.74, 6) is -0.117. The minimum Gasteiger partial charge on any atom is -0.310 e. The fourth-order valence-corrected chi connectivity index (χ4v) is 3.41. The number of benzene rings is 1. The summed E-state index contributed by atoms with van der Waals surface area (Å²) in [6.45, 7) is 4.75. The Morgan fingerprint density at radius 2 is 2.15 bits per heavy atom. The summed E-state index contributed by atoms with van der Waals surface area (Å²) in [6.07, 6.45) is 2.08. The Hall–Kier alpha value is -2.53. The van der Waals surface area contributed by atoms with Gasteiger partial charge in [0.1, 0.15) is 0 Å². The predicted molar refractivity (Wildman–Crippen MR) is 102 cm³/mol. The Labute approximate surface area is 157 Å². The summed E-state index contributed by atoms with van der Waals surface area (Å²) in [7, 11) is 0. The minimum atomic E-state index is -0.440. The van der Waals surface area contributed by atoms with Gasteiger partial charge >= 0.3 is 5.69 Å². The summed E-state index contributed by atoms with van der Waals surface area (Å²) in [6, 6.07) is 11.4. The SMILES string of the molecule is CCCCn1c(SC(C)C(=O)N(CCC#N)c2ccccc2)n[nH]c1=O. The molecule has 0 bridgehead atoms. The molecule has 8 heteroatoms. The van der Waals surface area contributed by atoms with E-state index in [1.807, 2.05) is 30.3 Å². The minimum absolute atomic E-state index is 0.117. The van der Waals surface area contributed by atoms with Crippen molar-refractivity contribution in [1.29, 1.82) is 5.26 Å². The van der Waals surface area contributed by atoms with E-state index in [1.165, 1.54) is 11.8 Å². The van der Waals surface area contributed by atoms with Crippen molar-refractivity contribution in [3.05, 3.63) is 40.8 Å². The van der Waals surface area contributed by atoms with Crippen LogP contribution in [0.1, 0.15) is 33.1 Å². The lowest BCUT2D eigenvalue weighted by Gasteiger charge is -2.24. The molecule has 0 saturated heterocycles. The van der Waals surface area contributed by atoms with E-state index in [4.69, 9.17) is 5.26 Å². The number of thioether (sulfide) groups is 1. The summed E-state index contributed by atoms with van der Waals surface area (Å²) >= 11 is 1.25. The second kappa shape index (κ2) is 9.82. The molecule has 0 saturated carbocycles. The van der Waals surface area contributed by atoms with Crippen LogP contribution in [0.5, 0.6) is 0 Å². The molecule has 1 atom stereocenters. The molecule has 1 heterocycles. The largest absolute Gasteiger partial charge is 0.343 e. The maximum Gasteiger partial charge on any atom is 0.343 e. The number of aromatic nitrogens is 3. The molecule has 1 aromatic heterocycles. The van der Waals surface area contributed by atoms with E-state index in [1.54, 1.807) is 16.4 Å². The molecule has 0 spiro atoms. The van der Waals surface area contributed by atoms with Crippen molar-refractivity contribution in [2.45, 2.75) is 50.1 Å². The lowest BCUT2D eigenvalue weighted by Crippen LogP contribution is -2.37. The second-order valence-corrected chi connectivity index (χ2v) is 7.12. The van der Waals surface area contributed by atoms with Gasteiger partial charge in [0.15, 0.2) is 5.16 Å². The maximum absolute atomic E-state index is 13.0. The van der Waals surface area contributed by atoms with Crippen LogP contribution >= 0.6 is 11.8 Å². The maximum atomic E-state index is 13.0. The first kappa shape index (κ1) is 19.8. The number of para-hydroxylation sites is 1. The standard InChI is InChI=1S/C18H23N5O2S/c1-3-4-12-23-17(25)20-21-18(23)26-14(2)16(24)22(13-8-11-19)15-9-6-5-7-10-15/h5-7,9-10,14H,3-4,8,12-13H2,1-2H3,(H,20,25). The molecule has 1 amide bonds. The highest BCUT2D eigenvalue weighted by atomic mass is 32.2. The smallest absolute Gasteiger partial charge is 0.310 e. The zero-order valence-electron chi connectivity index (χ0n) is 15.0. The average Bonchev–Trinajstić information content (AvgIpc) is 3.00. The van der Waals surface area contributed by atoms with Gasteiger partial charge in [0.25, 0.3) is 0 Å². The number of aromatic amines is 1. The normalized spacial score (nSPS) is 11.7. The third-order valence-corrected chi connectivity index (χ3v) is 4.95. The van der Waals surface area contributed by atoms with Crippen molar-refractivity contribution in [3.8, 4) is 6.07 Å². The van der Waals surface area contributed by atoms with E-state index < -0.39 is 5.25 Å². The lowest BCUT2D eigenvalue weighted by atomic mass is 10.2. The number of carbonyl (C=O) groups is 1. The van der Waals surface area contributed by atoms with E-state index in [0.29, 0.717) is 18.2 Å². The van der Waals surface area contributed by atoms with Gasteiger partial charge in [0.2, 0.25) is 5.91 Å².